The molecule has 0 aliphatic rings. The summed E-state index contributed by atoms with van der Waals surface area (Å²) in [6.45, 7) is 2.78. The Labute approximate surface area is 128 Å². The van der Waals surface area contributed by atoms with E-state index < -0.39 is 11.9 Å². The van der Waals surface area contributed by atoms with Gasteiger partial charge in [-0.05, 0) is 13.0 Å². The van der Waals surface area contributed by atoms with Crippen LogP contribution in [0, 0.1) is 0 Å². The standard InChI is InChI=1S/C16H32N2O3/c1-2-3-4-5-6-7-8-9-10-11-12-18(13-15(17)19)14-16(20)21/h2-14H2,1H3,(H2,17,19)(H,20,21). The van der Waals surface area contributed by atoms with Gasteiger partial charge in [0.2, 0.25) is 5.91 Å². The van der Waals surface area contributed by atoms with E-state index in [2.05, 4.69) is 6.92 Å². The Bertz CT molecular complexity index is 267. The van der Waals surface area contributed by atoms with Gasteiger partial charge in [-0.2, -0.15) is 0 Å². The molecule has 0 aliphatic heterocycles. The zero-order valence-electron chi connectivity index (χ0n) is 13.5. The van der Waals surface area contributed by atoms with Crippen LogP contribution < -0.4 is 5.73 Å². The van der Waals surface area contributed by atoms with Gasteiger partial charge >= 0.3 is 5.97 Å². The largest absolute Gasteiger partial charge is 0.480 e. The zero-order valence-corrected chi connectivity index (χ0v) is 13.5. The van der Waals surface area contributed by atoms with Gasteiger partial charge in [0, 0.05) is 0 Å². The zero-order chi connectivity index (χ0) is 15.9. The third-order valence-electron chi connectivity index (χ3n) is 3.57. The Balaban J connectivity index is 3.48. The molecule has 0 unspecified atom stereocenters. The molecule has 21 heavy (non-hydrogen) atoms. The molecule has 0 saturated heterocycles. The average Bonchev–Trinajstić information content (AvgIpc) is 2.39. The van der Waals surface area contributed by atoms with Gasteiger partial charge in [-0.1, -0.05) is 64.7 Å². The Morgan fingerprint density at radius 3 is 1.76 bits per heavy atom. The van der Waals surface area contributed by atoms with Crippen LogP contribution in [0.2, 0.25) is 0 Å². The first-order valence-corrected chi connectivity index (χ1v) is 8.28. The van der Waals surface area contributed by atoms with E-state index in [0.29, 0.717) is 6.54 Å². The van der Waals surface area contributed by atoms with Crippen molar-refractivity contribution in [2.75, 3.05) is 19.6 Å². The van der Waals surface area contributed by atoms with Crippen LogP contribution >= 0.6 is 0 Å². The van der Waals surface area contributed by atoms with Crippen molar-refractivity contribution in [2.45, 2.75) is 71.1 Å². The number of primary amides is 1. The van der Waals surface area contributed by atoms with Crippen molar-refractivity contribution in [3.05, 3.63) is 0 Å². The molecule has 0 saturated carbocycles. The molecule has 0 rings (SSSR count). The lowest BCUT2D eigenvalue weighted by Gasteiger charge is -2.18. The lowest BCUT2D eigenvalue weighted by molar-refractivity contribution is -0.138. The fourth-order valence-electron chi connectivity index (χ4n) is 2.45. The average molecular weight is 300 g/mol. The maximum Gasteiger partial charge on any atom is 0.317 e. The van der Waals surface area contributed by atoms with Crippen LogP contribution in [-0.4, -0.2) is 41.5 Å². The van der Waals surface area contributed by atoms with Gasteiger partial charge in [0.25, 0.3) is 0 Å². The number of unbranched alkanes of at least 4 members (excludes halogenated alkanes) is 9. The third kappa shape index (κ3) is 15.1. The van der Waals surface area contributed by atoms with Crippen molar-refractivity contribution < 1.29 is 14.7 Å². The molecule has 0 aromatic rings. The second kappa shape index (κ2) is 13.9. The summed E-state index contributed by atoms with van der Waals surface area (Å²) in [5, 5.41) is 8.76. The van der Waals surface area contributed by atoms with Crippen LogP contribution in [-0.2, 0) is 9.59 Å². The maximum absolute atomic E-state index is 10.9. The second-order valence-electron chi connectivity index (χ2n) is 5.75. The van der Waals surface area contributed by atoms with Crippen LogP contribution in [0.3, 0.4) is 0 Å². The van der Waals surface area contributed by atoms with Gasteiger partial charge in [0.05, 0.1) is 13.1 Å². The van der Waals surface area contributed by atoms with Gasteiger partial charge in [0.1, 0.15) is 0 Å². The first-order chi connectivity index (χ1) is 10.1. The molecule has 0 aromatic heterocycles. The number of carbonyl (C=O) groups excluding carboxylic acids is 1. The molecular weight excluding hydrogens is 268 g/mol. The van der Waals surface area contributed by atoms with E-state index in [1.807, 2.05) is 0 Å². The van der Waals surface area contributed by atoms with Gasteiger partial charge in [-0.25, -0.2) is 0 Å². The normalized spacial score (nSPS) is 11.0. The van der Waals surface area contributed by atoms with Gasteiger partial charge < -0.3 is 10.8 Å². The predicted molar refractivity (Wildman–Crippen MR) is 85.1 cm³/mol. The number of carboxylic acids is 1. The number of rotatable bonds is 15. The third-order valence-corrected chi connectivity index (χ3v) is 3.57. The van der Waals surface area contributed by atoms with Crippen LogP contribution in [0.25, 0.3) is 0 Å². The smallest absolute Gasteiger partial charge is 0.317 e. The summed E-state index contributed by atoms with van der Waals surface area (Å²) >= 11 is 0. The number of nitrogens with two attached hydrogens (primary N) is 1. The highest BCUT2D eigenvalue weighted by atomic mass is 16.4. The van der Waals surface area contributed by atoms with Crippen LogP contribution in [0.1, 0.15) is 71.1 Å². The van der Waals surface area contributed by atoms with Crippen molar-refractivity contribution in [3.63, 3.8) is 0 Å². The van der Waals surface area contributed by atoms with E-state index in [1.165, 1.54) is 51.4 Å². The van der Waals surface area contributed by atoms with Crippen LogP contribution in [0.5, 0.6) is 0 Å². The minimum Gasteiger partial charge on any atom is -0.480 e. The van der Waals surface area contributed by atoms with Crippen molar-refractivity contribution in [1.29, 1.82) is 0 Å². The summed E-state index contributed by atoms with van der Waals surface area (Å²) in [5.41, 5.74) is 5.12. The van der Waals surface area contributed by atoms with E-state index in [9.17, 15) is 9.59 Å². The number of amides is 1. The molecule has 0 spiro atoms. The fraction of sp³-hybridized carbons (Fsp3) is 0.875. The Morgan fingerprint density at radius 1 is 0.857 bits per heavy atom. The summed E-state index contributed by atoms with van der Waals surface area (Å²) in [6, 6.07) is 0. The van der Waals surface area contributed by atoms with Crippen molar-refractivity contribution >= 4 is 11.9 Å². The lowest BCUT2D eigenvalue weighted by Crippen LogP contribution is -2.37. The molecular formula is C16H32N2O3. The first kappa shape index (κ1) is 19.9. The predicted octanol–water partition coefficient (Wildman–Crippen LogP) is 2.78. The van der Waals surface area contributed by atoms with Crippen LogP contribution in [0.4, 0.5) is 0 Å². The van der Waals surface area contributed by atoms with Crippen LogP contribution in [0.15, 0.2) is 0 Å². The lowest BCUT2D eigenvalue weighted by atomic mass is 10.1. The SMILES string of the molecule is CCCCCCCCCCCCN(CC(N)=O)CC(=O)O. The quantitative estimate of drug-likeness (QED) is 0.455. The molecule has 0 aliphatic carbocycles. The van der Waals surface area contributed by atoms with Crippen molar-refractivity contribution in [1.82, 2.24) is 4.90 Å². The molecule has 0 radical (unpaired) electrons. The van der Waals surface area contributed by atoms with E-state index in [4.69, 9.17) is 10.8 Å². The first-order valence-electron chi connectivity index (χ1n) is 8.28. The van der Waals surface area contributed by atoms with E-state index in [-0.39, 0.29) is 13.1 Å². The number of aliphatic carboxylic acids is 1. The van der Waals surface area contributed by atoms with Crippen molar-refractivity contribution in [3.8, 4) is 0 Å². The second-order valence-corrected chi connectivity index (χ2v) is 5.75. The number of nitrogens with zero attached hydrogens (tertiary/aromatic N) is 1. The molecule has 0 bridgehead atoms. The summed E-state index contributed by atoms with van der Waals surface area (Å²) in [5.74, 6) is -1.38. The molecule has 0 aromatic carbocycles. The Kier molecular flexibility index (Phi) is 13.1. The summed E-state index contributed by atoms with van der Waals surface area (Å²) in [4.78, 5) is 23.1. The topological polar surface area (TPSA) is 83.6 Å². The summed E-state index contributed by atoms with van der Waals surface area (Å²) in [7, 11) is 0. The highest BCUT2D eigenvalue weighted by molar-refractivity contribution is 5.77. The molecule has 0 heterocycles. The molecule has 3 N–H and O–H groups in total. The van der Waals surface area contributed by atoms with Gasteiger partial charge in [-0.15, -0.1) is 0 Å². The van der Waals surface area contributed by atoms with E-state index in [1.54, 1.807) is 4.90 Å². The monoisotopic (exact) mass is 300 g/mol. The highest BCUT2D eigenvalue weighted by Gasteiger charge is 2.11. The summed E-state index contributed by atoms with van der Waals surface area (Å²) < 4.78 is 0. The molecule has 124 valence electrons. The minimum absolute atomic E-state index is 0.0315. The Hall–Kier alpha value is -1.10. The molecule has 0 fully saturated rings. The number of carbonyl (C=O) groups is 2. The number of hydrogen-bond acceptors (Lipinski definition) is 3. The molecule has 5 heteroatoms. The summed E-state index contributed by atoms with van der Waals surface area (Å²) in [6.07, 6.45) is 12.4. The minimum atomic E-state index is -0.914. The number of carboxylic acid groups (broad SMARTS) is 1. The van der Waals surface area contributed by atoms with Gasteiger partial charge in [0.15, 0.2) is 0 Å². The molecule has 1 amide bonds. The van der Waals surface area contributed by atoms with E-state index in [0.717, 1.165) is 12.8 Å². The highest BCUT2D eigenvalue weighted by Crippen LogP contribution is 2.10. The molecule has 5 nitrogen and oxygen atoms in total. The van der Waals surface area contributed by atoms with E-state index >= 15 is 0 Å². The molecule has 0 atom stereocenters. The maximum atomic E-state index is 10.9. The van der Waals surface area contributed by atoms with Gasteiger partial charge in [-0.3, -0.25) is 14.5 Å². The number of hydrogen-bond donors (Lipinski definition) is 2. The fourth-order valence-corrected chi connectivity index (χ4v) is 2.45. The van der Waals surface area contributed by atoms with Crippen molar-refractivity contribution in [2.24, 2.45) is 5.73 Å². The Morgan fingerprint density at radius 2 is 1.33 bits per heavy atom.